The molecule has 3 amide bonds. The summed E-state index contributed by atoms with van der Waals surface area (Å²) in [5.74, 6) is -0.885. The zero-order valence-electron chi connectivity index (χ0n) is 31.2. The van der Waals surface area contributed by atoms with Gasteiger partial charge in [-0.05, 0) is 121 Å². The molecule has 1 aromatic carbocycles. The Bertz CT molecular complexity index is 1520. The summed E-state index contributed by atoms with van der Waals surface area (Å²) in [6.45, 7) is 5.75. The molecule has 2 heterocycles. The van der Waals surface area contributed by atoms with Crippen LogP contribution in [0.2, 0.25) is 0 Å². The first kappa shape index (κ1) is 39.5. The molecular formula is C39H56FN3O9. The Balaban J connectivity index is 1.27. The molecule has 2 N–H and O–H groups in total. The Hall–Kier alpha value is -3.71. The number of nitrogens with one attached hydrogen (secondary N) is 2. The fraction of sp³-hybridized carbons (Fsp3) is 0.692. The van der Waals surface area contributed by atoms with Crippen LogP contribution in [0.25, 0.3) is 11.0 Å². The van der Waals surface area contributed by atoms with Gasteiger partial charge in [0.05, 0.1) is 18.8 Å². The second-order valence-electron chi connectivity index (χ2n) is 15.6. The van der Waals surface area contributed by atoms with Gasteiger partial charge in [-0.25, -0.2) is 14.0 Å². The maximum Gasteiger partial charge on any atom is 0.407 e. The summed E-state index contributed by atoms with van der Waals surface area (Å²) in [7, 11) is 3.32. The Kier molecular flexibility index (Phi) is 13.6. The highest BCUT2D eigenvalue weighted by Crippen LogP contribution is 2.42. The van der Waals surface area contributed by atoms with E-state index < -0.39 is 36.4 Å². The Labute approximate surface area is 305 Å². The molecule has 1 saturated heterocycles. The topological polar surface area (TPSA) is 146 Å². The highest BCUT2D eigenvalue weighted by molar-refractivity contribution is 6.00. The van der Waals surface area contributed by atoms with E-state index in [1.165, 1.54) is 0 Å². The van der Waals surface area contributed by atoms with Crippen molar-refractivity contribution in [2.75, 3.05) is 46.0 Å². The minimum Gasteiger partial charge on any atom is -0.460 e. The normalized spacial score (nSPS) is 25.8. The van der Waals surface area contributed by atoms with Crippen LogP contribution >= 0.6 is 0 Å². The van der Waals surface area contributed by atoms with E-state index in [9.17, 15) is 23.6 Å². The van der Waals surface area contributed by atoms with Gasteiger partial charge in [-0.2, -0.15) is 0 Å². The van der Waals surface area contributed by atoms with Gasteiger partial charge in [0, 0.05) is 50.8 Å². The number of esters is 1. The third-order valence-electron chi connectivity index (χ3n) is 10.9. The zero-order chi connectivity index (χ0) is 37.4. The molecule has 2 aromatic rings. The van der Waals surface area contributed by atoms with Crippen molar-refractivity contribution in [2.45, 2.75) is 109 Å². The lowest BCUT2D eigenvalue weighted by atomic mass is 9.75. The van der Waals surface area contributed by atoms with Crippen molar-refractivity contribution in [1.29, 1.82) is 0 Å². The van der Waals surface area contributed by atoms with E-state index in [0.717, 1.165) is 32.1 Å². The number of alkyl halides is 1. The van der Waals surface area contributed by atoms with Crippen LogP contribution in [0.1, 0.15) is 95.5 Å². The van der Waals surface area contributed by atoms with E-state index in [1.54, 1.807) is 64.2 Å². The van der Waals surface area contributed by atoms with Gasteiger partial charge in [0.1, 0.15) is 23.9 Å². The van der Waals surface area contributed by atoms with Crippen LogP contribution in [-0.2, 0) is 28.5 Å². The van der Waals surface area contributed by atoms with Crippen LogP contribution in [-0.4, -0.2) is 93.2 Å². The number of ether oxygens (including phenoxy) is 4. The van der Waals surface area contributed by atoms with E-state index in [4.69, 9.17) is 23.4 Å². The molecule has 0 bridgehead atoms. The molecular weight excluding hydrogens is 673 g/mol. The number of nitrogens with zero attached hydrogens (tertiary/aromatic N) is 1. The number of methoxy groups -OCH3 is 2. The molecule has 0 unspecified atom stereocenters. The summed E-state index contributed by atoms with van der Waals surface area (Å²) < 4.78 is 41.0. The predicted octanol–water partition coefficient (Wildman–Crippen LogP) is 6.66. The molecule has 13 heteroatoms. The largest absolute Gasteiger partial charge is 0.460 e. The van der Waals surface area contributed by atoms with Crippen LogP contribution in [0.5, 0.6) is 0 Å². The minimum absolute atomic E-state index is 0.00387. The maximum absolute atomic E-state index is 14.3. The van der Waals surface area contributed by atoms with E-state index >= 15 is 0 Å². The Morgan fingerprint density at radius 3 is 2.35 bits per heavy atom. The van der Waals surface area contributed by atoms with Crippen LogP contribution in [0, 0.1) is 23.7 Å². The number of halogens is 1. The molecule has 12 nitrogen and oxygen atoms in total. The molecule has 3 aliphatic rings. The third-order valence-corrected chi connectivity index (χ3v) is 10.9. The number of furan rings is 1. The molecule has 2 aliphatic carbocycles. The molecule has 3 atom stereocenters. The first-order valence-electron chi connectivity index (χ1n) is 18.8. The second-order valence-corrected chi connectivity index (χ2v) is 15.6. The number of fused-ring (bicyclic) bond motifs is 1. The molecule has 3 fully saturated rings. The van der Waals surface area contributed by atoms with Gasteiger partial charge in [0.2, 0.25) is 17.6 Å². The summed E-state index contributed by atoms with van der Waals surface area (Å²) in [6.07, 6.45) is 6.87. The molecule has 1 aliphatic heterocycles. The molecule has 0 spiro atoms. The average Bonchev–Trinajstić information content (AvgIpc) is 3.77. The number of hydrogen-bond donors (Lipinski definition) is 2. The molecule has 0 radical (unpaired) electrons. The Morgan fingerprint density at radius 2 is 1.69 bits per heavy atom. The van der Waals surface area contributed by atoms with Crippen molar-refractivity contribution in [3.8, 4) is 0 Å². The molecule has 5 rings (SSSR count). The third kappa shape index (κ3) is 10.0. The van der Waals surface area contributed by atoms with Crippen molar-refractivity contribution in [1.82, 2.24) is 10.2 Å². The van der Waals surface area contributed by atoms with Gasteiger partial charge in [-0.1, -0.05) is 0 Å². The number of likely N-dealkylation sites (tertiary alicyclic amines) is 1. The van der Waals surface area contributed by atoms with E-state index in [-0.39, 0.29) is 54.0 Å². The summed E-state index contributed by atoms with van der Waals surface area (Å²) in [5, 5.41) is 6.41. The van der Waals surface area contributed by atoms with Gasteiger partial charge in [0.25, 0.3) is 0 Å². The zero-order valence-corrected chi connectivity index (χ0v) is 31.2. The number of alkyl carbamates (subject to hydrolysis) is 1. The van der Waals surface area contributed by atoms with Crippen molar-refractivity contribution in [2.24, 2.45) is 23.7 Å². The first-order valence-corrected chi connectivity index (χ1v) is 18.8. The van der Waals surface area contributed by atoms with Crippen LogP contribution in [0.3, 0.4) is 0 Å². The predicted molar refractivity (Wildman–Crippen MR) is 193 cm³/mol. The fourth-order valence-electron chi connectivity index (χ4n) is 8.27. The van der Waals surface area contributed by atoms with E-state index in [2.05, 4.69) is 10.6 Å². The highest BCUT2D eigenvalue weighted by Gasteiger charge is 2.47. The van der Waals surface area contributed by atoms with Gasteiger partial charge in [-0.3, -0.25) is 9.59 Å². The average molecular weight is 730 g/mol. The van der Waals surface area contributed by atoms with Crippen molar-refractivity contribution in [3.05, 3.63) is 30.0 Å². The van der Waals surface area contributed by atoms with Crippen molar-refractivity contribution >= 4 is 40.5 Å². The number of benzene rings is 1. The molecule has 288 valence electrons. The minimum atomic E-state index is -0.714. The monoisotopic (exact) mass is 729 g/mol. The second kappa shape index (κ2) is 17.9. The number of rotatable bonds is 13. The lowest BCUT2D eigenvalue weighted by Gasteiger charge is -2.38. The summed E-state index contributed by atoms with van der Waals surface area (Å²) in [5.41, 5.74) is 0.332. The summed E-state index contributed by atoms with van der Waals surface area (Å²) in [6, 6.07) is 5.46. The highest BCUT2D eigenvalue weighted by atomic mass is 19.1. The van der Waals surface area contributed by atoms with Crippen molar-refractivity contribution in [3.63, 3.8) is 0 Å². The van der Waals surface area contributed by atoms with Gasteiger partial charge in [-0.15, -0.1) is 0 Å². The summed E-state index contributed by atoms with van der Waals surface area (Å²) in [4.78, 5) is 55.1. The SMILES string of the molecule is COCCCOC(=O)c1cc2cc(NC(=O)[C@@H]3[C@H](C4CCC(OC)CC4)CCN3C(=O)[C@H]3CC[C@H]([C@@H](CF)NC(=O)OC(C)(C)C)CC3)ccc2o1. The first-order chi connectivity index (χ1) is 24.9. The lowest BCUT2D eigenvalue weighted by molar-refractivity contribution is -0.142. The number of hydrogen-bond acceptors (Lipinski definition) is 9. The molecule has 2 saturated carbocycles. The summed E-state index contributed by atoms with van der Waals surface area (Å²) >= 11 is 0. The lowest BCUT2D eigenvalue weighted by Crippen LogP contribution is -2.50. The van der Waals surface area contributed by atoms with E-state index in [1.807, 2.05) is 0 Å². The molecule has 52 heavy (non-hydrogen) atoms. The number of carbonyl (C=O) groups is 4. The van der Waals surface area contributed by atoms with Gasteiger partial charge < -0.3 is 38.9 Å². The number of carbonyl (C=O) groups excluding carboxylic acids is 4. The number of amides is 3. The van der Waals surface area contributed by atoms with Crippen LogP contribution in [0.4, 0.5) is 14.9 Å². The van der Waals surface area contributed by atoms with Crippen LogP contribution < -0.4 is 10.6 Å². The van der Waals surface area contributed by atoms with Gasteiger partial charge in [0.15, 0.2) is 0 Å². The molecule has 1 aromatic heterocycles. The van der Waals surface area contributed by atoms with Crippen LogP contribution in [0.15, 0.2) is 28.7 Å². The Morgan fingerprint density at radius 1 is 0.962 bits per heavy atom. The number of anilines is 1. The smallest absolute Gasteiger partial charge is 0.407 e. The van der Waals surface area contributed by atoms with Crippen molar-refractivity contribution < 1.29 is 46.9 Å². The standard InChI is InChI=1S/C39H56FN3O9/c1-39(2,3)52-38(47)42-31(23-40)25-7-9-26(10-8-25)36(45)43-18-17-30(24-11-14-29(49-5)15-12-24)34(43)35(44)41-28-13-16-32-27(21-28)22-33(51-32)37(46)50-20-6-19-48-4/h13,16,21-22,24-26,29-31,34H,6-12,14-15,17-20,23H2,1-5H3,(H,41,44)(H,42,47)/t24?,25-,26-,29?,30-,31+,34-/m0/s1. The quantitative estimate of drug-likeness (QED) is 0.171. The van der Waals surface area contributed by atoms with E-state index in [0.29, 0.717) is 61.9 Å². The van der Waals surface area contributed by atoms with Gasteiger partial charge >= 0.3 is 12.1 Å². The maximum atomic E-state index is 14.3. The fourth-order valence-corrected chi connectivity index (χ4v) is 8.27.